The number of carbonyl (C=O) groups is 2. The number of hydrogen-bond donors (Lipinski definition) is 1. The standard InChI is InChI=1S/C27H33N7O7/c1-17-21(34(37)38)8-9-23(30-17)31-10-12-32(13-11-31)25(35)41-33(26(36)40-27(2,3)4)22-16-29-24-20(22)14-19(15-28-24)39-18-6-5-7-18/h8-9,14-16,18H,5-7,10-13H2,1-4H3,(H,28,29). The topological polar surface area (TPSA) is 156 Å². The van der Waals surface area contributed by atoms with Crippen LogP contribution in [0.5, 0.6) is 5.75 Å². The maximum Gasteiger partial charge on any atom is 0.448 e. The molecule has 0 bridgehead atoms. The van der Waals surface area contributed by atoms with Crippen molar-refractivity contribution >= 4 is 40.4 Å². The minimum atomic E-state index is -0.860. The summed E-state index contributed by atoms with van der Waals surface area (Å²) in [6.07, 6.45) is 4.78. The molecule has 1 saturated heterocycles. The van der Waals surface area contributed by atoms with Crippen molar-refractivity contribution in [2.75, 3.05) is 36.1 Å². The molecule has 2 amide bonds. The lowest BCUT2D eigenvalue weighted by atomic mass is 9.96. The number of hydrogen-bond acceptors (Lipinski definition) is 10. The molecule has 0 radical (unpaired) electrons. The van der Waals surface area contributed by atoms with Crippen LogP contribution >= 0.6 is 0 Å². The van der Waals surface area contributed by atoms with Crippen LogP contribution in [0.1, 0.15) is 45.7 Å². The summed E-state index contributed by atoms with van der Waals surface area (Å²) in [5.41, 5.74) is 0.180. The molecule has 2 fully saturated rings. The third-order valence-electron chi connectivity index (χ3n) is 6.89. The van der Waals surface area contributed by atoms with Gasteiger partial charge in [0.2, 0.25) is 0 Å². The van der Waals surface area contributed by atoms with E-state index in [1.165, 1.54) is 17.2 Å². The number of fused-ring (bicyclic) bond motifs is 1. The number of H-pyrrole nitrogens is 1. The number of nitro groups is 1. The molecule has 14 nitrogen and oxygen atoms in total. The third-order valence-corrected chi connectivity index (χ3v) is 6.89. The first-order valence-corrected chi connectivity index (χ1v) is 13.5. The Morgan fingerprint density at radius 3 is 2.51 bits per heavy atom. The molecule has 0 spiro atoms. The van der Waals surface area contributed by atoms with Crippen LogP contribution in [0.25, 0.3) is 11.0 Å². The zero-order valence-corrected chi connectivity index (χ0v) is 23.5. The van der Waals surface area contributed by atoms with E-state index in [4.69, 9.17) is 14.3 Å². The van der Waals surface area contributed by atoms with Gasteiger partial charge in [-0.05, 0) is 59.1 Å². The molecule has 14 heteroatoms. The SMILES string of the molecule is Cc1nc(N2CCN(C(=O)ON(C(=O)OC(C)(C)C)c3c[nH]c4ncc(OC5CCC5)cc34)CC2)ccc1[N+](=O)[O-]. The second kappa shape index (κ2) is 11.1. The summed E-state index contributed by atoms with van der Waals surface area (Å²) in [4.78, 5) is 58.0. The van der Waals surface area contributed by atoms with Crippen LogP contribution in [-0.4, -0.2) is 74.8 Å². The average Bonchev–Trinajstić information content (AvgIpc) is 3.31. The van der Waals surface area contributed by atoms with Crippen LogP contribution in [0, 0.1) is 17.0 Å². The highest BCUT2D eigenvalue weighted by Gasteiger charge is 2.33. The Morgan fingerprint density at radius 1 is 1.17 bits per heavy atom. The van der Waals surface area contributed by atoms with Crippen LogP contribution in [0.2, 0.25) is 0 Å². The van der Waals surface area contributed by atoms with Gasteiger partial charge in [0.25, 0.3) is 5.69 Å². The summed E-state index contributed by atoms with van der Waals surface area (Å²) < 4.78 is 11.5. The lowest BCUT2D eigenvalue weighted by molar-refractivity contribution is -0.385. The number of aryl methyl sites for hydroxylation is 1. The van der Waals surface area contributed by atoms with Gasteiger partial charge in [0.05, 0.1) is 17.2 Å². The fourth-order valence-electron chi connectivity index (χ4n) is 4.54. The highest BCUT2D eigenvalue weighted by molar-refractivity contribution is 6.00. The molecule has 0 aromatic carbocycles. The molecule has 41 heavy (non-hydrogen) atoms. The van der Waals surface area contributed by atoms with E-state index < -0.39 is 22.7 Å². The Hall–Kier alpha value is -4.62. The number of rotatable bonds is 5. The molecule has 1 aliphatic heterocycles. The summed E-state index contributed by atoms with van der Waals surface area (Å²) in [7, 11) is 0. The van der Waals surface area contributed by atoms with Gasteiger partial charge in [0, 0.05) is 43.8 Å². The van der Waals surface area contributed by atoms with E-state index in [2.05, 4.69) is 15.0 Å². The Bertz CT molecular complexity index is 1460. The first kappa shape index (κ1) is 27.9. The van der Waals surface area contributed by atoms with Crippen molar-refractivity contribution in [3.8, 4) is 5.75 Å². The molecule has 218 valence electrons. The first-order chi connectivity index (χ1) is 19.5. The summed E-state index contributed by atoms with van der Waals surface area (Å²) in [5, 5.41) is 12.5. The number of piperazine rings is 1. The fourth-order valence-corrected chi connectivity index (χ4v) is 4.54. The van der Waals surface area contributed by atoms with Crippen molar-refractivity contribution in [1.82, 2.24) is 19.9 Å². The van der Waals surface area contributed by atoms with E-state index in [1.807, 2.05) is 4.90 Å². The highest BCUT2D eigenvalue weighted by Crippen LogP contribution is 2.32. The molecule has 0 unspecified atom stereocenters. The van der Waals surface area contributed by atoms with E-state index in [0.717, 1.165) is 24.3 Å². The van der Waals surface area contributed by atoms with Gasteiger partial charge >= 0.3 is 12.2 Å². The van der Waals surface area contributed by atoms with E-state index >= 15 is 0 Å². The molecule has 1 N–H and O–H groups in total. The second-order valence-electron chi connectivity index (χ2n) is 11.0. The zero-order chi connectivity index (χ0) is 29.3. The Kier molecular flexibility index (Phi) is 7.56. The number of amides is 2. The van der Waals surface area contributed by atoms with Crippen molar-refractivity contribution in [2.45, 2.75) is 58.7 Å². The van der Waals surface area contributed by atoms with Gasteiger partial charge in [-0.2, -0.15) is 0 Å². The zero-order valence-electron chi connectivity index (χ0n) is 23.5. The van der Waals surface area contributed by atoms with Crippen molar-refractivity contribution in [3.63, 3.8) is 0 Å². The molecule has 5 rings (SSSR count). The molecule has 1 aliphatic carbocycles. The van der Waals surface area contributed by atoms with Gasteiger partial charge in [0.1, 0.15) is 34.2 Å². The van der Waals surface area contributed by atoms with Crippen molar-refractivity contribution in [1.29, 1.82) is 0 Å². The molecular weight excluding hydrogens is 534 g/mol. The summed E-state index contributed by atoms with van der Waals surface area (Å²) >= 11 is 0. The molecule has 0 atom stereocenters. The van der Waals surface area contributed by atoms with Gasteiger partial charge in [-0.1, -0.05) is 5.06 Å². The second-order valence-corrected chi connectivity index (χ2v) is 11.0. The summed E-state index contributed by atoms with van der Waals surface area (Å²) in [6.45, 7) is 8.16. The van der Waals surface area contributed by atoms with Crippen LogP contribution in [0.3, 0.4) is 0 Å². The van der Waals surface area contributed by atoms with E-state index in [1.54, 1.807) is 46.0 Å². The van der Waals surface area contributed by atoms with E-state index in [0.29, 0.717) is 41.4 Å². The molecular formula is C27H33N7O7. The maximum absolute atomic E-state index is 13.3. The molecule has 2 aliphatic rings. The van der Waals surface area contributed by atoms with Crippen molar-refractivity contribution in [3.05, 3.63) is 46.4 Å². The number of aromatic amines is 1. The monoisotopic (exact) mass is 567 g/mol. The maximum atomic E-state index is 13.3. The number of nitrogens with one attached hydrogen (secondary N) is 1. The largest absolute Gasteiger partial charge is 0.489 e. The Balaban J connectivity index is 1.32. The van der Waals surface area contributed by atoms with Crippen LogP contribution < -0.4 is 14.7 Å². The number of aromatic nitrogens is 3. The Morgan fingerprint density at radius 2 is 1.90 bits per heavy atom. The van der Waals surface area contributed by atoms with E-state index in [-0.39, 0.29) is 30.6 Å². The molecule has 1 saturated carbocycles. The van der Waals surface area contributed by atoms with Gasteiger partial charge in [0.15, 0.2) is 0 Å². The van der Waals surface area contributed by atoms with Crippen LogP contribution in [0.15, 0.2) is 30.6 Å². The quantitative estimate of drug-likeness (QED) is 0.338. The van der Waals surface area contributed by atoms with E-state index in [9.17, 15) is 19.7 Å². The lowest BCUT2D eigenvalue weighted by Gasteiger charge is -2.35. The van der Waals surface area contributed by atoms with Crippen LogP contribution in [-0.2, 0) is 9.57 Å². The predicted octanol–water partition coefficient (Wildman–Crippen LogP) is 4.72. The smallest absolute Gasteiger partial charge is 0.448 e. The van der Waals surface area contributed by atoms with Gasteiger partial charge < -0.3 is 29.1 Å². The van der Waals surface area contributed by atoms with Crippen LogP contribution in [0.4, 0.5) is 26.8 Å². The number of nitrogens with zero attached hydrogens (tertiary/aromatic N) is 6. The van der Waals surface area contributed by atoms with Crippen molar-refractivity contribution in [2.24, 2.45) is 0 Å². The molecule has 3 aromatic rings. The minimum absolute atomic E-state index is 0.0487. The first-order valence-electron chi connectivity index (χ1n) is 13.5. The highest BCUT2D eigenvalue weighted by atomic mass is 16.8. The number of carbonyl (C=O) groups excluding carboxylic acids is 2. The number of ether oxygens (including phenoxy) is 2. The predicted molar refractivity (Wildman–Crippen MR) is 149 cm³/mol. The normalized spacial score (nSPS) is 15.8. The van der Waals surface area contributed by atoms with Gasteiger partial charge in [-0.25, -0.2) is 19.6 Å². The third kappa shape index (κ3) is 6.26. The molecule has 3 aromatic heterocycles. The average molecular weight is 568 g/mol. The number of anilines is 2. The Labute approximate surface area is 236 Å². The lowest BCUT2D eigenvalue weighted by Crippen LogP contribution is -2.51. The molecule has 4 heterocycles. The number of hydroxylamine groups is 1. The number of pyridine rings is 2. The minimum Gasteiger partial charge on any atom is -0.489 e. The fraction of sp³-hybridized carbons (Fsp3) is 0.481. The van der Waals surface area contributed by atoms with Gasteiger partial charge in [-0.3, -0.25) is 10.1 Å². The van der Waals surface area contributed by atoms with Crippen molar-refractivity contribution < 1.29 is 28.8 Å². The summed E-state index contributed by atoms with van der Waals surface area (Å²) in [6, 6.07) is 4.78. The summed E-state index contributed by atoms with van der Waals surface area (Å²) in [5.74, 6) is 1.15. The van der Waals surface area contributed by atoms with Gasteiger partial charge in [-0.15, -0.1) is 0 Å².